The number of nitrogens with one attached hydrogen (secondary N) is 1. The molecule has 2 aliphatic rings. The van der Waals surface area contributed by atoms with Crippen LogP contribution in [0.15, 0.2) is 0 Å². The summed E-state index contributed by atoms with van der Waals surface area (Å²) in [7, 11) is 0. The van der Waals surface area contributed by atoms with E-state index in [0.717, 1.165) is 25.8 Å². The molecule has 1 aromatic rings. The lowest BCUT2D eigenvalue weighted by atomic mass is 10.0. The monoisotopic (exact) mass is 364 g/mol. The second-order valence-corrected chi connectivity index (χ2v) is 7.51. The maximum atomic E-state index is 6.14. The summed E-state index contributed by atoms with van der Waals surface area (Å²) in [6.07, 6.45) is 2.60. The van der Waals surface area contributed by atoms with Crippen molar-refractivity contribution in [1.29, 1.82) is 0 Å². The predicted molar refractivity (Wildman–Crippen MR) is 104 cm³/mol. The van der Waals surface area contributed by atoms with Crippen LogP contribution in [-0.2, 0) is 0 Å². The van der Waals surface area contributed by atoms with Gasteiger partial charge in [0.25, 0.3) is 0 Å². The lowest BCUT2D eigenvalue weighted by Crippen LogP contribution is -2.54. The van der Waals surface area contributed by atoms with Gasteiger partial charge in [-0.15, -0.1) is 0 Å². The van der Waals surface area contributed by atoms with E-state index in [1.165, 1.54) is 0 Å². The van der Waals surface area contributed by atoms with Crippen molar-refractivity contribution in [2.24, 2.45) is 22.9 Å². The van der Waals surface area contributed by atoms with Gasteiger partial charge in [0, 0.05) is 56.9 Å². The van der Waals surface area contributed by atoms with Crippen molar-refractivity contribution in [1.82, 2.24) is 15.0 Å². The Hall–Kier alpha value is -1.75. The number of hydrogen-bond acceptors (Lipinski definition) is 10. The first-order chi connectivity index (χ1) is 12.4. The van der Waals surface area contributed by atoms with Crippen LogP contribution in [0.25, 0.3) is 0 Å². The topological polar surface area (TPSA) is 161 Å². The largest absolute Gasteiger partial charge is 0.354 e. The highest BCUT2D eigenvalue weighted by molar-refractivity contribution is 5.46. The van der Waals surface area contributed by atoms with Crippen LogP contribution in [-0.4, -0.2) is 71.8 Å². The molecule has 3 heterocycles. The van der Waals surface area contributed by atoms with Crippen LogP contribution in [0.1, 0.15) is 26.2 Å². The van der Waals surface area contributed by atoms with Crippen molar-refractivity contribution in [2.75, 3.05) is 47.8 Å². The summed E-state index contributed by atoms with van der Waals surface area (Å²) in [4.78, 5) is 18.0. The minimum Gasteiger partial charge on any atom is -0.354 e. The van der Waals surface area contributed by atoms with Crippen LogP contribution in [0.2, 0.25) is 0 Å². The zero-order chi connectivity index (χ0) is 18.7. The number of aromatic nitrogens is 3. The molecule has 2 fully saturated rings. The fourth-order valence-electron chi connectivity index (χ4n) is 3.64. The Labute approximate surface area is 154 Å². The van der Waals surface area contributed by atoms with Gasteiger partial charge in [0.1, 0.15) is 0 Å². The highest BCUT2D eigenvalue weighted by Crippen LogP contribution is 2.22. The highest BCUT2D eigenvalue weighted by Gasteiger charge is 2.28. The average Bonchev–Trinajstić information content (AvgIpc) is 2.58. The van der Waals surface area contributed by atoms with E-state index in [9.17, 15) is 0 Å². The van der Waals surface area contributed by atoms with E-state index in [2.05, 4.69) is 22.2 Å². The second-order valence-electron chi connectivity index (χ2n) is 7.51. The van der Waals surface area contributed by atoms with Crippen LogP contribution in [0.3, 0.4) is 0 Å². The van der Waals surface area contributed by atoms with E-state index in [-0.39, 0.29) is 24.2 Å². The Balaban J connectivity index is 1.88. The van der Waals surface area contributed by atoms with Crippen LogP contribution < -0.4 is 38.1 Å². The smallest absolute Gasteiger partial charge is 0.232 e. The van der Waals surface area contributed by atoms with Gasteiger partial charge in [0.15, 0.2) is 0 Å². The number of nitrogens with zero attached hydrogens (tertiary/aromatic N) is 5. The van der Waals surface area contributed by atoms with Gasteiger partial charge in [-0.3, -0.25) is 0 Å². The van der Waals surface area contributed by atoms with Crippen LogP contribution in [0, 0.1) is 0 Å². The molecule has 9 N–H and O–H groups in total. The summed E-state index contributed by atoms with van der Waals surface area (Å²) in [6, 6.07) is 0.0661. The van der Waals surface area contributed by atoms with E-state index in [4.69, 9.17) is 27.9 Å². The van der Waals surface area contributed by atoms with Gasteiger partial charge in [0.2, 0.25) is 17.8 Å². The van der Waals surface area contributed by atoms with Gasteiger partial charge in [-0.25, -0.2) is 0 Å². The summed E-state index contributed by atoms with van der Waals surface area (Å²) >= 11 is 0. The molecule has 0 amide bonds. The lowest BCUT2D eigenvalue weighted by molar-refractivity contribution is 0.441. The number of anilines is 3. The van der Waals surface area contributed by atoms with E-state index in [0.29, 0.717) is 44.0 Å². The zero-order valence-corrected chi connectivity index (χ0v) is 15.5. The van der Waals surface area contributed by atoms with Gasteiger partial charge >= 0.3 is 0 Å². The number of nitrogens with two attached hydrogens (primary N) is 4. The molecule has 26 heavy (non-hydrogen) atoms. The van der Waals surface area contributed by atoms with Crippen molar-refractivity contribution in [2.45, 2.75) is 50.4 Å². The summed E-state index contributed by atoms with van der Waals surface area (Å²) < 4.78 is 0. The third kappa shape index (κ3) is 4.70. The van der Waals surface area contributed by atoms with Gasteiger partial charge < -0.3 is 38.1 Å². The van der Waals surface area contributed by atoms with Crippen LogP contribution in [0.5, 0.6) is 0 Å². The Kier molecular flexibility index (Phi) is 6.07. The molecular formula is C16H32N10. The molecule has 0 bridgehead atoms. The van der Waals surface area contributed by atoms with E-state index < -0.39 is 0 Å². The van der Waals surface area contributed by atoms with Gasteiger partial charge in [-0.1, -0.05) is 6.92 Å². The standard InChI is InChI=1S/C16H32N10/c1-2-3-21-14-22-15(25-6-10(17)4-11(18)7-25)24-16(23-14)26-8-12(19)5-13(20)9-26/h10-13H,2-9,17-20H2,1H3,(H,21,22,23,24)/t10-,11+,12-,13+. The molecule has 2 aliphatic heterocycles. The van der Waals surface area contributed by atoms with Gasteiger partial charge in [-0.2, -0.15) is 15.0 Å². The van der Waals surface area contributed by atoms with Crippen LogP contribution in [0.4, 0.5) is 17.8 Å². The third-order valence-electron chi connectivity index (χ3n) is 4.74. The average molecular weight is 365 g/mol. The Morgan fingerprint density at radius 3 is 1.62 bits per heavy atom. The van der Waals surface area contributed by atoms with Crippen LogP contribution >= 0.6 is 0 Å². The van der Waals surface area contributed by atoms with E-state index in [1.54, 1.807) is 0 Å². The Morgan fingerprint density at radius 1 is 0.808 bits per heavy atom. The van der Waals surface area contributed by atoms with E-state index >= 15 is 0 Å². The second kappa shape index (κ2) is 8.30. The molecule has 0 saturated carbocycles. The SMILES string of the molecule is CCCNc1nc(N2C[C@H](N)C[C@H](N)C2)nc(N2C[C@H](N)C[C@H](N)C2)n1. The van der Waals surface area contributed by atoms with Crippen molar-refractivity contribution in [3.8, 4) is 0 Å². The Bertz CT molecular complexity index is 532. The van der Waals surface area contributed by atoms with Crippen molar-refractivity contribution in [3.05, 3.63) is 0 Å². The molecule has 0 spiro atoms. The minimum atomic E-state index is 0.0165. The highest BCUT2D eigenvalue weighted by atomic mass is 15.4. The minimum absolute atomic E-state index is 0.0165. The van der Waals surface area contributed by atoms with Crippen molar-refractivity contribution < 1.29 is 0 Å². The lowest BCUT2D eigenvalue weighted by Gasteiger charge is -2.37. The molecular weight excluding hydrogens is 332 g/mol. The predicted octanol–water partition coefficient (Wildman–Crippen LogP) is -1.58. The van der Waals surface area contributed by atoms with Gasteiger partial charge in [0.05, 0.1) is 0 Å². The summed E-state index contributed by atoms with van der Waals surface area (Å²) in [6.45, 7) is 5.63. The molecule has 146 valence electrons. The zero-order valence-electron chi connectivity index (χ0n) is 15.5. The Morgan fingerprint density at radius 2 is 1.23 bits per heavy atom. The summed E-state index contributed by atoms with van der Waals surface area (Å²) in [5, 5.41) is 3.26. The fourth-order valence-corrected chi connectivity index (χ4v) is 3.64. The third-order valence-corrected chi connectivity index (χ3v) is 4.74. The van der Waals surface area contributed by atoms with E-state index in [1.807, 2.05) is 9.80 Å². The normalized spacial score (nSPS) is 29.7. The van der Waals surface area contributed by atoms with Crippen molar-refractivity contribution in [3.63, 3.8) is 0 Å². The molecule has 0 aliphatic carbocycles. The first-order valence-corrected chi connectivity index (χ1v) is 9.46. The molecule has 10 heteroatoms. The fraction of sp³-hybridized carbons (Fsp3) is 0.812. The maximum absolute atomic E-state index is 6.14. The maximum Gasteiger partial charge on any atom is 0.232 e. The van der Waals surface area contributed by atoms with Gasteiger partial charge in [-0.05, 0) is 19.3 Å². The summed E-state index contributed by atoms with van der Waals surface area (Å²) in [5.74, 6) is 1.77. The molecule has 1 aromatic heterocycles. The molecule has 10 nitrogen and oxygen atoms in total. The number of piperidine rings is 2. The molecule has 0 aromatic carbocycles. The van der Waals surface area contributed by atoms with Crippen molar-refractivity contribution >= 4 is 17.8 Å². The quantitative estimate of drug-likeness (QED) is 0.412. The number of hydrogen-bond donors (Lipinski definition) is 5. The first-order valence-electron chi connectivity index (χ1n) is 9.46. The molecule has 2 saturated heterocycles. The summed E-state index contributed by atoms with van der Waals surface area (Å²) in [5.41, 5.74) is 24.5. The molecule has 4 atom stereocenters. The molecule has 0 radical (unpaired) electrons. The first kappa shape index (κ1) is 19.0. The molecule has 3 rings (SSSR count). The molecule has 0 unspecified atom stereocenters. The number of rotatable bonds is 5.